The van der Waals surface area contributed by atoms with E-state index < -0.39 is 0 Å². The van der Waals surface area contributed by atoms with E-state index in [0.717, 1.165) is 10.2 Å². The molecule has 2 aromatic rings. The maximum absolute atomic E-state index is 12.6. The van der Waals surface area contributed by atoms with Gasteiger partial charge >= 0.3 is 0 Å². The lowest BCUT2D eigenvalue weighted by molar-refractivity contribution is 0.0734. The maximum Gasteiger partial charge on any atom is 0.276 e. The Morgan fingerprint density at radius 1 is 1.42 bits per heavy atom. The van der Waals surface area contributed by atoms with Gasteiger partial charge < -0.3 is 10.6 Å². The van der Waals surface area contributed by atoms with E-state index >= 15 is 0 Å². The number of benzene rings is 1. The van der Waals surface area contributed by atoms with Gasteiger partial charge in [-0.2, -0.15) is 0 Å². The molecule has 0 bridgehead atoms. The van der Waals surface area contributed by atoms with Crippen molar-refractivity contribution in [1.29, 1.82) is 0 Å². The molecule has 6 nitrogen and oxygen atoms in total. The van der Waals surface area contributed by atoms with Crippen LogP contribution in [0.15, 0.2) is 28.7 Å². The largest absolute Gasteiger partial charge is 0.340 e. The Morgan fingerprint density at radius 3 is 2.67 bits per heavy atom. The summed E-state index contributed by atoms with van der Waals surface area (Å²) in [6.45, 7) is 6.97. The maximum atomic E-state index is 12.6. The van der Waals surface area contributed by atoms with E-state index in [4.69, 9.17) is 5.73 Å². The zero-order valence-electron chi connectivity index (χ0n) is 14.3. The van der Waals surface area contributed by atoms with Crippen LogP contribution in [0, 0.1) is 12.3 Å². The van der Waals surface area contributed by atoms with Gasteiger partial charge in [-0.1, -0.05) is 41.1 Å². The number of nitrogens with zero attached hydrogens (tertiary/aromatic N) is 4. The number of hydrogen-bond acceptors (Lipinski definition) is 4. The molecule has 1 heterocycles. The standard InChI is InChI=1S/C16H22BrN5O.ClH/c1-11-14(15(23)21(4)10-16(2,3)9-18)19-20-22(11)13-7-5-6-12(17)8-13;/h5-8H,9-10,18H2,1-4H3;1H. The molecule has 8 heteroatoms. The Labute approximate surface area is 156 Å². The number of rotatable bonds is 5. The Kier molecular flexibility index (Phi) is 6.95. The summed E-state index contributed by atoms with van der Waals surface area (Å²) in [5, 5.41) is 8.19. The van der Waals surface area contributed by atoms with Crippen molar-refractivity contribution >= 4 is 34.2 Å². The van der Waals surface area contributed by atoms with Crippen molar-refractivity contribution < 1.29 is 4.79 Å². The second-order valence-electron chi connectivity index (χ2n) is 6.44. The summed E-state index contributed by atoms with van der Waals surface area (Å²) >= 11 is 3.44. The average molecular weight is 417 g/mol. The summed E-state index contributed by atoms with van der Waals surface area (Å²) in [6, 6.07) is 7.70. The molecule has 2 rings (SSSR count). The number of nitrogens with two attached hydrogens (primary N) is 1. The van der Waals surface area contributed by atoms with Crippen LogP contribution >= 0.6 is 28.3 Å². The van der Waals surface area contributed by atoms with Crippen molar-refractivity contribution in [1.82, 2.24) is 19.9 Å². The van der Waals surface area contributed by atoms with Crippen molar-refractivity contribution in [2.24, 2.45) is 11.1 Å². The molecule has 0 aliphatic carbocycles. The molecular formula is C16H23BrClN5O. The van der Waals surface area contributed by atoms with Crippen LogP contribution in [0.2, 0.25) is 0 Å². The lowest BCUT2D eigenvalue weighted by Gasteiger charge is -2.28. The van der Waals surface area contributed by atoms with Crippen molar-refractivity contribution in [3.05, 3.63) is 40.1 Å². The van der Waals surface area contributed by atoms with Crippen LogP contribution in [0.4, 0.5) is 0 Å². The highest BCUT2D eigenvalue weighted by molar-refractivity contribution is 9.10. The van der Waals surface area contributed by atoms with E-state index in [-0.39, 0.29) is 23.7 Å². The third-order valence-electron chi connectivity index (χ3n) is 3.71. The summed E-state index contributed by atoms with van der Waals surface area (Å²) in [7, 11) is 1.76. The van der Waals surface area contributed by atoms with E-state index in [1.54, 1.807) is 16.6 Å². The van der Waals surface area contributed by atoms with E-state index in [2.05, 4.69) is 26.2 Å². The molecule has 0 fully saturated rings. The molecule has 0 spiro atoms. The number of carbonyl (C=O) groups is 1. The fourth-order valence-corrected chi connectivity index (χ4v) is 2.73. The molecule has 0 atom stereocenters. The quantitative estimate of drug-likeness (QED) is 0.813. The van der Waals surface area contributed by atoms with E-state index in [0.29, 0.717) is 24.5 Å². The van der Waals surface area contributed by atoms with E-state index in [1.807, 2.05) is 45.0 Å². The summed E-state index contributed by atoms with van der Waals surface area (Å²) in [4.78, 5) is 14.3. The van der Waals surface area contributed by atoms with Crippen LogP contribution in [-0.4, -0.2) is 45.9 Å². The SMILES string of the molecule is Cc1c(C(=O)N(C)CC(C)(C)CN)nnn1-c1cccc(Br)c1.Cl. The summed E-state index contributed by atoms with van der Waals surface area (Å²) in [5.74, 6) is -0.148. The van der Waals surface area contributed by atoms with Crippen molar-refractivity contribution in [2.75, 3.05) is 20.1 Å². The van der Waals surface area contributed by atoms with Crippen molar-refractivity contribution in [3.8, 4) is 5.69 Å². The van der Waals surface area contributed by atoms with Crippen molar-refractivity contribution in [2.45, 2.75) is 20.8 Å². The zero-order valence-corrected chi connectivity index (χ0v) is 16.7. The molecule has 0 saturated heterocycles. The third kappa shape index (κ3) is 4.55. The van der Waals surface area contributed by atoms with Gasteiger partial charge in [0.25, 0.3) is 5.91 Å². The predicted octanol–water partition coefficient (Wildman–Crippen LogP) is 2.82. The molecule has 1 aromatic carbocycles. The second-order valence-corrected chi connectivity index (χ2v) is 7.36. The van der Waals surface area contributed by atoms with Crippen LogP contribution < -0.4 is 5.73 Å². The first-order valence-electron chi connectivity index (χ1n) is 7.39. The lowest BCUT2D eigenvalue weighted by atomic mass is 9.93. The number of halogens is 2. The molecule has 1 aromatic heterocycles. The van der Waals surface area contributed by atoms with Crippen LogP contribution in [0.3, 0.4) is 0 Å². The minimum absolute atomic E-state index is 0. The molecule has 2 N–H and O–H groups in total. The Hall–Kier alpha value is -1.44. The Bertz CT molecular complexity index is 716. The van der Waals surface area contributed by atoms with Crippen LogP contribution in [-0.2, 0) is 0 Å². The lowest BCUT2D eigenvalue weighted by Crippen LogP contribution is -2.40. The fraction of sp³-hybridized carbons (Fsp3) is 0.438. The number of hydrogen-bond donors (Lipinski definition) is 1. The molecule has 0 unspecified atom stereocenters. The highest BCUT2D eigenvalue weighted by Crippen LogP contribution is 2.19. The zero-order chi connectivity index (χ0) is 17.2. The Balaban J connectivity index is 0.00000288. The van der Waals surface area contributed by atoms with Gasteiger partial charge in [0, 0.05) is 18.1 Å². The highest BCUT2D eigenvalue weighted by Gasteiger charge is 2.25. The average Bonchev–Trinajstić information content (AvgIpc) is 2.87. The van der Waals surface area contributed by atoms with Gasteiger partial charge in [-0.15, -0.1) is 17.5 Å². The first kappa shape index (κ1) is 20.6. The summed E-state index contributed by atoms with van der Waals surface area (Å²) < 4.78 is 2.61. The highest BCUT2D eigenvalue weighted by atomic mass is 79.9. The topological polar surface area (TPSA) is 77.0 Å². The Morgan fingerprint density at radius 2 is 2.08 bits per heavy atom. The minimum atomic E-state index is -0.148. The molecular weight excluding hydrogens is 394 g/mol. The summed E-state index contributed by atoms with van der Waals surface area (Å²) in [6.07, 6.45) is 0. The smallest absolute Gasteiger partial charge is 0.276 e. The van der Waals surface area contributed by atoms with Gasteiger partial charge in [0.1, 0.15) is 0 Å². The monoisotopic (exact) mass is 415 g/mol. The molecule has 0 aliphatic rings. The van der Waals surface area contributed by atoms with E-state index in [1.165, 1.54) is 0 Å². The molecule has 24 heavy (non-hydrogen) atoms. The predicted molar refractivity (Wildman–Crippen MR) is 101 cm³/mol. The second kappa shape index (κ2) is 8.09. The fourth-order valence-electron chi connectivity index (χ4n) is 2.34. The van der Waals surface area contributed by atoms with Crippen LogP contribution in [0.1, 0.15) is 30.0 Å². The van der Waals surface area contributed by atoms with Crippen LogP contribution in [0.5, 0.6) is 0 Å². The molecule has 132 valence electrons. The van der Waals surface area contributed by atoms with Crippen LogP contribution in [0.25, 0.3) is 5.69 Å². The molecule has 1 amide bonds. The van der Waals surface area contributed by atoms with Crippen molar-refractivity contribution in [3.63, 3.8) is 0 Å². The number of aromatic nitrogens is 3. The van der Waals surface area contributed by atoms with Gasteiger partial charge in [-0.05, 0) is 37.1 Å². The van der Waals surface area contributed by atoms with Gasteiger partial charge in [0.15, 0.2) is 5.69 Å². The molecule has 0 radical (unpaired) electrons. The normalized spacial score (nSPS) is 11.1. The minimum Gasteiger partial charge on any atom is -0.340 e. The van der Waals surface area contributed by atoms with Gasteiger partial charge in [0.05, 0.1) is 11.4 Å². The molecule has 0 saturated carbocycles. The van der Waals surface area contributed by atoms with E-state index in [9.17, 15) is 4.79 Å². The number of amides is 1. The van der Waals surface area contributed by atoms with Gasteiger partial charge in [-0.3, -0.25) is 4.79 Å². The molecule has 0 aliphatic heterocycles. The number of carbonyl (C=O) groups excluding carboxylic acids is 1. The third-order valence-corrected chi connectivity index (χ3v) is 4.21. The summed E-state index contributed by atoms with van der Waals surface area (Å²) in [5.41, 5.74) is 7.53. The van der Waals surface area contributed by atoms with Gasteiger partial charge in [0.2, 0.25) is 0 Å². The van der Waals surface area contributed by atoms with Gasteiger partial charge in [-0.25, -0.2) is 4.68 Å². The first-order chi connectivity index (χ1) is 10.7. The first-order valence-corrected chi connectivity index (χ1v) is 8.18.